The highest BCUT2D eigenvalue weighted by Gasteiger charge is 2.10. The predicted molar refractivity (Wildman–Crippen MR) is 58.5 cm³/mol. The summed E-state index contributed by atoms with van der Waals surface area (Å²) in [5, 5.41) is 0.767. The summed E-state index contributed by atoms with van der Waals surface area (Å²) in [5.74, 6) is 0. The smallest absolute Gasteiger partial charge is 0.101 e. The van der Waals surface area contributed by atoms with Crippen LogP contribution in [0.1, 0.15) is 24.5 Å². The first-order valence-electron chi connectivity index (χ1n) is 4.90. The van der Waals surface area contributed by atoms with Gasteiger partial charge < -0.3 is 4.74 Å². The lowest BCUT2D eigenvalue weighted by Crippen LogP contribution is -2.00. The van der Waals surface area contributed by atoms with Crippen LogP contribution in [0.15, 0.2) is 36.4 Å². The molecule has 1 aliphatic rings. The zero-order chi connectivity index (χ0) is 9.80. The molecule has 0 amide bonds. The molecular weight excluding hydrogens is 196 g/mol. The number of allylic oxidation sites excluding steroid dienone is 1. The Morgan fingerprint density at radius 3 is 3.14 bits per heavy atom. The minimum absolute atomic E-state index is 0.0798. The molecule has 1 heterocycles. The van der Waals surface area contributed by atoms with E-state index in [1.807, 2.05) is 24.3 Å². The number of ether oxygens (including phenoxy) is 1. The number of halogens is 1. The zero-order valence-corrected chi connectivity index (χ0v) is 8.70. The van der Waals surface area contributed by atoms with Crippen LogP contribution in [0.3, 0.4) is 0 Å². The summed E-state index contributed by atoms with van der Waals surface area (Å²) in [7, 11) is 0. The molecule has 0 bridgehead atoms. The minimum atomic E-state index is 0.0798. The molecule has 0 aromatic heterocycles. The molecule has 0 saturated heterocycles. The van der Waals surface area contributed by atoms with E-state index in [1.54, 1.807) is 0 Å². The Balaban J connectivity index is 2.20. The monoisotopic (exact) mass is 208 g/mol. The van der Waals surface area contributed by atoms with Gasteiger partial charge in [-0.15, -0.1) is 0 Å². The minimum Gasteiger partial charge on any atom is -0.369 e. The molecule has 2 heteroatoms. The largest absolute Gasteiger partial charge is 0.369 e. The average molecular weight is 209 g/mol. The number of rotatable bonds is 1. The summed E-state index contributed by atoms with van der Waals surface area (Å²) in [4.78, 5) is 0. The molecule has 0 saturated carbocycles. The summed E-state index contributed by atoms with van der Waals surface area (Å²) >= 11 is 5.93. The van der Waals surface area contributed by atoms with Crippen molar-refractivity contribution in [2.75, 3.05) is 6.61 Å². The maximum absolute atomic E-state index is 5.93. The Kier molecular flexibility index (Phi) is 3.22. The first-order chi connectivity index (χ1) is 6.86. The van der Waals surface area contributed by atoms with E-state index in [0.717, 1.165) is 30.0 Å². The summed E-state index contributed by atoms with van der Waals surface area (Å²) < 4.78 is 5.70. The Labute approximate surface area is 89.3 Å². The first-order valence-corrected chi connectivity index (χ1v) is 5.28. The maximum Gasteiger partial charge on any atom is 0.101 e. The van der Waals surface area contributed by atoms with Crippen molar-refractivity contribution in [1.82, 2.24) is 0 Å². The van der Waals surface area contributed by atoms with Gasteiger partial charge in [-0.1, -0.05) is 35.9 Å². The molecule has 1 nitrogen and oxygen atoms in total. The number of benzene rings is 1. The van der Waals surface area contributed by atoms with Gasteiger partial charge in [-0.2, -0.15) is 0 Å². The standard InChI is InChI=1S/C12H13ClO/c13-11-6-4-5-10(9-11)12-7-2-1-3-8-14-12/h2,4-7,9,12H,1,3,8H2. The van der Waals surface area contributed by atoms with Gasteiger partial charge in [0.25, 0.3) is 0 Å². The van der Waals surface area contributed by atoms with Gasteiger partial charge in [0, 0.05) is 11.6 Å². The molecule has 1 aromatic rings. The third-order valence-corrected chi connectivity index (χ3v) is 2.54. The number of hydrogen-bond donors (Lipinski definition) is 0. The van der Waals surface area contributed by atoms with Crippen LogP contribution < -0.4 is 0 Å². The van der Waals surface area contributed by atoms with Crippen molar-refractivity contribution >= 4 is 11.6 Å². The molecule has 0 radical (unpaired) electrons. The molecule has 0 N–H and O–H groups in total. The van der Waals surface area contributed by atoms with Crippen LogP contribution in [0.2, 0.25) is 5.02 Å². The molecule has 1 unspecified atom stereocenters. The number of hydrogen-bond acceptors (Lipinski definition) is 1. The summed E-state index contributed by atoms with van der Waals surface area (Å²) in [6.07, 6.45) is 6.58. The van der Waals surface area contributed by atoms with Crippen LogP contribution in [0.5, 0.6) is 0 Å². The van der Waals surface area contributed by atoms with E-state index in [1.165, 1.54) is 0 Å². The lowest BCUT2D eigenvalue weighted by atomic mass is 10.1. The summed E-state index contributed by atoms with van der Waals surface area (Å²) in [6.45, 7) is 0.824. The van der Waals surface area contributed by atoms with Crippen molar-refractivity contribution in [3.8, 4) is 0 Å². The molecule has 0 aliphatic carbocycles. The SMILES string of the molecule is Clc1cccc(C2C=CCCCO2)c1. The van der Waals surface area contributed by atoms with E-state index in [9.17, 15) is 0 Å². The molecule has 2 rings (SSSR count). The highest BCUT2D eigenvalue weighted by molar-refractivity contribution is 6.30. The molecule has 0 spiro atoms. The van der Waals surface area contributed by atoms with E-state index in [-0.39, 0.29) is 6.10 Å². The van der Waals surface area contributed by atoms with Gasteiger partial charge in [0.1, 0.15) is 6.10 Å². The van der Waals surface area contributed by atoms with Gasteiger partial charge in [-0.05, 0) is 30.5 Å². The van der Waals surface area contributed by atoms with E-state index < -0.39 is 0 Å². The van der Waals surface area contributed by atoms with Crippen LogP contribution in [0, 0.1) is 0 Å². The van der Waals surface area contributed by atoms with Crippen molar-refractivity contribution in [2.24, 2.45) is 0 Å². The quantitative estimate of drug-likeness (QED) is 0.639. The summed E-state index contributed by atoms with van der Waals surface area (Å²) in [5.41, 5.74) is 1.13. The fourth-order valence-electron chi connectivity index (χ4n) is 1.58. The van der Waals surface area contributed by atoms with Crippen LogP contribution in [-0.4, -0.2) is 6.61 Å². The van der Waals surface area contributed by atoms with E-state index in [2.05, 4.69) is 12.2 Å². The zero-order valence-electron chi connectivity index (χ0n) is 7.95. The van der Waals surface area contributed by atoms with Gasteiger partial charge in [-0.25, -0.2) is 0 Å². The third kappa shape index (κ3) is 2.37. The van der Waals surface area contributed by atoms with Crippen molar-refractivity contribution in [3.63, 3.8) is 0 Å². The first kappa shape index (κ1) is 9.75. The fourth-order valence-corrected chi connectivity index (χ4v) is 1.78. The molecule has 74 valence electrons. The van der Waals surface area contributed by atoms with Crippen LogP contribution in [0.4, 0.5) is 0 Å². The molecule has 1 aromatic carbocycles. The topological polar surface area (TPSA) is 9.23 Å². The second-order valence-corrected chi connectivity index (χ2v) is 3.85. The predicted octanol–water partition coefficient (Wildman–Crippen LogP) is 3.75. The van der Waals surface area contributed by atoms with Gasteiger partial charge in [0.2, 0.25) is 0 Å². The lowest BCUT2D eigenvalue weighted by molar-refractivity contribution is 0.0883. The van der Waals surface area contributed by atoms with Gasteiger partial charge in [-0.3, -0.25) is 0 Å². The van der Waals surface area contributed by atoms with Crippen molar-refractivity contribution in [2.45, 2.75) is 18.9 Å². The van der Waals surface area contributed by atoms with Crippen LogP contribution in [-0.2, 0) is 4.74 Å². The molecule has 14 heavy (non-hydrogen) atoms. The Bertz CT molecular complexity index is 333. The fraction of sp³-hybridized carbons (Fsp3) is 0.333. The van der Waals surface area contributed by atoms with Gasteiger partial charge >= 0.3 is 0 Å². The lowest BCUT2D eigenvalue weighted by Gasteiger charge is -2.12. The third-order valence-electron chi connectivity index (χ3n) is 2.30. The van der Waals surface area contributed by atoms with Crippen molar-refractivity contribution < 1.29 is 4.74 Å². The highest BCUT2D eigenvalue weighted by Crippen LogP contribution is 2.24. The molecule has 1 aliphatic heterocycles. The molecule has 0 fully saturated rings. The molecular formula is C12H13ClO. The second kappa shape index (κ2) is 4.63. The van der Waals surface area contributed by atoms with Gasteiger partial charge in [0.05, 0.1) is 0 Å². The average Bonchev–Trinajstić information content (AvgIpc) is 2.45. The van der Waals surface area contributed by atoms with Crippen molar-refractivity contribution in [1.29, 1.82) is 0 Å². The molecule has 1 atom stereocenters. The van der Waals surface area contributed by atoms with Crippen LogP contribution >= 0.6 is 11.6 Å². The van der Waals surface area contributed by atoms with E-state index in [4.69, 9.17) is 16.3 Å². The highest BCUT2D eigenvalue weighted by atomic mass is 35.5. The van der Waals surface area contributed by atoms with E-state index >= 15 is 0 Å². The Morgan fingerprint density at radius 2 is 2.29 bits per heavy atom. The Hall–Kier alpha value is -0.790. The van der Waals surface area contributed by atoms with Crippen LogP contribution in [0.25, 0.3) is 0 Å². The van der Waals surface area contributed by atoms with Gasteiger partial charge in [0.15, 0.2) is 0 Å². The van der Waals surface area contributed by atoms with E-state index in [0.29, 0.717) is 0 Å². The maximum atomic E-state index is 5.93. The Morgan fingerprint density at radius 1 is 1.36 bits per heavy atom. The van der Waals surface area contributed by atoms with Crippen molar-refractivity contribution in [3.05, 3.63) is 47.0 Å². The second-order valence-electron chi connectivity index (χ2n) is 3.42. The summed E-state index contributed by atoms with van der Waals surface area (Å²) in [6, 6.07) is 7.85. The normalized spacial score (nSPS) is 21.9.